The van der Waals surface area contributed by atoms with Crippen molar-refractivity contribution in [3.63, 3.8) is 0 Å². The van der Waals surface area contributed by atoms with Crippen LogP contribution in [0.1, 0.15) is 26.3 Å². The van der Waals surface area contributed by atoms with Crippen LogP contribution in [0.15, 0.2) is 46.9 Å². The number of ether oxygens (including phenoxy) is 1. The molecule has 2 rings (SSSR count). The van der Waals surface area contributed by atoms with Gasteiger partial charge in [0.25, 0.3) is 5.69 Å². The molecule has 2 aromatic rings. The van der Waals surface area contributed by atoms with Crippen molar-refractivity contribution in [2.45, 2.75) is 6.92 Å². The van der Waals surface area contributed by atoms with E-state index in [2.05, 4.69) is 15.9 Å². The monoisotopic (exact) mass is 377 g/mol. The maximum atomic E-state index is 11.9. The summed E-state index contributed by atoms with van der Waals surface area (Å²) in [4.78, 5) is 34.1. The predicted octanol–water partition coefficient (Wildman–Crippen LogP) is 3.71. The molecule has 0 aliphatic carbocycles. The molecule has 7 heteroatoms. The highest BCUT2D eigenvalue weighted by atomic mass is 79.9. The molecule has 0 amide bonds. The Morgan fingerprint density at radius 1 is 1.13 bits per heavy atom. The normalized spacial score (nSPS) is 10.2. The molecule has 0 fully saturated rings. The van der Waals surface area contributed by atoms with E-state index in [1.165, 1.54) is 12.1 Å². The molecule has 0 bridgehead atoms. The Morgan fingerprint density at radius 2 is 1.74 bits per heavy atom. The lowest BCUT2D eigenvalue weighted by Gasteiger charge is -2.05. The number of nitro benzene ring substituents is 1. The van der Waals surface area contributed by atoms with Gasteiger partial charge in [0.2, 0.25) is 0 Å². The highest BCUT2D eigenvalue weighted by Gasteiger charge is 2.17. The van der Waals surface area contributed by atoms with Gasteiger partial charge in [-0.15, -0.1) is 0 Å². The average Bonchev–Trinajstić information content (AvgIpc) is 2.53. The van der Waals surface area contributed by atoms with Crippen LogP contribution >= 0.6 is 15.9 Å². The van der Waals surface area contributed by atoms with Crippen LogP contribution in [0.4, 0.5) is 5.69 Å². The third kappa shape index (κ3) is 4.23. The van der Waals surface area contributed by atoms with Crippen LogP contribution < -0.4 is 0 Å². The Morgan fingerprint density at radius 3 is 2.35 bits per heavy atom. The SMILES string of the molecule is Cc1ccc(C(=O)OCC(=O)c2ccc(Br)cc2)cc1[N+](=O)[O-]. The maximum Gasteiger partial charge on any atom is 0.338 e. The van der Waals surface area contributed by atoms with Gasteiger partial charge >= 0.3 is 5.97 Å². The number of carbonyl (C=O) groups is 2. The lowest BCUT2D eigenvalue weighted by Crippen LogP contribution is -2.14. The molecule has 0 heterocycles. The summed E-state index contributed by atoms with van der Waals surface area (Å²) in [6.45, 7) is 1.15. The number of hydrogen-bond donors (Lipinski definition) is 0. The van der Waals surface area contributed by atoms with Crippen molar-refractivity contribution >= 4 is 33.4 Å². The minimum absolute atomic E-state index is 0.0332. The first-order valence-electron chi connectivity index (χ1n) is 6.59. The lowest BCUT2D eigenvalue weighted by molar-refractivity contribution is -0.385. The number of rotatable bonds is 5. The Balaban J connectivity index is 2.05. The number of carbonyl (C=O) groups excluding carboxylic acids is 2. The number of aryl methyl sites for hydroxylation is 1. The van der Waals surface area contributed by atoms with Crippen molar-refractivity contribution in [3.8, 4) is 0 Å². The summed E-state index contributed by atoms with van der Waals surface area (Å²) >= 11 is 3.26. The number of nitrogens with zero attached hydrogens (tertiary/aromatic N) is 1. The second kappa shape index (κ2) is 7.15. The quantitative estimate of drug-likeness (QED) is 0.343. The Bertz CT molecular complexity index is 771. The van der Waals surface area contributed by atoms with Gasteiger partial charge in [0, 0.05) is 21.7 Å². The van der Waals surface area contributed by atoms with E-state index in [9.17, 15) is 19.7 Å². The van der Waals surface area contributed by atoms with Gasteiger partial charge in [0.05, 0.1) is 10.5 Å². The number of hydrogen-bond acceptors (Lipinski definition) is 5. The Labute approximate surface area is 140 Å². The number of ketones is 1. The second-order valence-electron chi connectivity index (χ2n) is 4.76. The number of Topliss-reactive ketones (excluding diaryl/α,β-unsaturated/α-hetero) is 1. The van der Waals surface area contributed by atoms with Gasteiger partial charge in [0.15, 0.2) is 12.4 Å². The van der Waals surface area contributed by atoms with E-state index in [1.54, 1.807) is 31.2 Å². The molecule has 6 nitrogen and oxygen atoms in total. The molecular formula is C16H12BrNO5. The topological polar surface area (TPSA) is 86.5 Å². The molecule has 0 aliphatic heterocycles. The van der Waals surface area contributed by atoms with Gasteiger partial charge in [-0.1, -0.05) is 34.1 Å². The molecule has 118 valence electrons. The second-order valence-corrected chi connectivity index (χ2v) is 5.68. The summed E-state index contributed by atoms with van der Waals surface area (Å²) in [7, 11) is 0. The van der Waals surface area contributed by atoms with E-state index in [1.807, 2.05) is 0 Å². The van der Waals surface area contributed by atoms with Crippen molar-refractivity contribution in [3.05, 3.63) is 73.7 Å². The predicted molar refractivity (Wildman–Crippen MR) is 86.6 cm³/mol. The standard InChI is InChI=1S/C16H12BrNO5/c1-10-2-3-12(8-14(10)18(21)22)16(20)23-9-15(19)11-4-6-13(17)7-5-11/h2-8H,9H2,1H3. The minimum atomic E-state index is -0.779. The molecule has 0 saturated heterocycles. The van der Waals surface area contributed by atoms with Crippen LogP contribution in [-0.2, 0) is 4.74 Å². The molecule has 0 radical (unpaired) electrons. The summed E-state index contributed by atoms with van der Waals surface area (Å²) in [6.07, 6.45) is 0. The van der Waals surface area contributed by atoms with Crippen LogP contribution in [0.5, 0.6) is 0 Å². The number of benzene rings is 2. The van der Waals surface area contributed by atoms with Crippen molar-refractivity contribution in [2.24, 2.45) is 0 Å². The number of esters is 1. The molecule has 0 aromatic heterocycles. The van der Waals surface area contributed by atoms with E-state index in [-0.39, 0.29) is 17.0 Å². The van der Waals surface area contributed by atoms with Crippen molar-refractivity contribution in [2.75, 3.05) is 6.61 Å². The van der Waals surface area contributed by atoms with Gasteiger partial charge in [0.1, 0.15) is 0 Å². The van der Waals surface area contributed by atoms with Crippen LogP contribution in [-0.4, -0.2) is 23.3 Å². The van der Waals surface area contributed by atoms with E-state index < -0.39 is 17.5 Å². The fourth-order valence-corrected chi connectivity index (χ4v) is 2.13. The first-order chi connectivity index (χ1) is 10.9. The number of nitro groups is 1. The minimum Gasteiger partial charge on any atom is -0.454 e. The largest absolute Gasteiger partial charge is 0.454 e. The highest BCUT2D eigenvalue weighted by Crippen LogP contribution is 2.20. The van der Waals surface area contributed by atoms with Gasteiger partial charge in [-0.2, -0.15) is 0 Å². The summed E-state index contributed by atoms with van der Waals surface area (Å²) in [5.74, 6) is -1.13. The van der Waals surface area contributed by atoms with Crippen LogP contribution in [0.2, 0.25) is 0 Å². The fraction of sp³-hybridized carbons (Fsp3) is 0.125. The van der Waals surface area contributed by atoms with Crippen molar-refractivity contribution in [1.82, 2.24) is 0 Å². The van der Waals surface area contributed by atoms with E-state index >= 15 is 0 Å². The van der Waals surface area contributed by atoms with Gasteiger partial charge in [-0.25, -0.2) is 4.79 Å². The summed E-state index contributed by atoms with van der Waals surface area (Å²) in [5, 5.41) is 10.9. The van der Waals surface area contributed by atoms with Crippen LogP contribution in [0, 0.1) is 17.0 Å². The van der Waals surface area contributed by atoms with Gasteiger partial charge < -0.3 is 4.74 Å². The molecule has 2 aromatic carbocycles. The zero-order valence-corrected chi connectivity index (χ0v) is 13.7. The first kappa shape index (κ1) is 16.8. The van der Waals surface area contributed by atoms with Crippen LogP contribution in [0.25, 0.3) is 0 Å². The third-order valence-electron chi connectivity index (χ3n) is 3.14. The third-order valence-corrected chi connectivity index (χ3v) is 3.67. The van der Waals surface area contributed by atoms with Crippen LogP contribution in [0.3, 0.4) is 0 Å². The molecular weight excluding hydrogens is 366 g/mol. The van der Waals surface area contributed by atoms with Crippen molar-refractivity contribution in [1.29, 1.82) is 0 Å². The highest BCUT2D eigenvalue weighted by molar-refractivity contribution is 9.10. The van der Waals surface area contributed by atoms with E-state index in [4.69, 9.17) is 4.74 Å². The Kier molecular flexibility index (Phi) is 5.23. The zero-order valence-electron chi connectivity index (χ0n) is 12.1. The molecule has 0 spiro atoms. The first-order valence-corrected chi connectivity index (χ1v) is 7.38. The molecule has 0 atom stereocenters. The summed E-state index contributed by atoms with van der Waals surface area (Å²) < 4.78 is 5.76. The molecule has 0 N–H and O–H groups in total. The van der Waals surface area contributed by atoms with E-state index in [0.29, 0.717) is 11.1 Å². The fourth-order valence-electron chi connectivity index (χ4n) is 1.87. The van der Waals surface area contributed by atoms with Gasteiger partial charge in [-0.05, 0) is 25.1 Å². The van der Waals surface area contributed by atoms with Crippen molar-refractivity contribution < 1.29 is 19.2 Å². The summed E-state index contributed by atoms with van der Waals surface area (Å²) in [5.41, 5.74) is 0.720. The van der Waals surface area contributed by atoms with Gasteiger partial charge in [-0.3, -0.25) is 14.9 Å². The zero-order chi connectivity index (χ0) is 17.0. The average molecular weight is 378 g/mol. The smallest absolute Gasteiger partial charge is 0.338 e. The number of halogens is 1. The molecule has 0 saturated carbocycles. The maximum absolute atomic E-state index is 11.9. The molecule has 0 unspecified atom stereocenters. The van der Waals surface area contributed by atoms with E-state index in [0.717, 1.165) is 10.5 Å². The molecule has 0 aliphatic rings. The summed E-state index contributed by atoms with van der Waals surface area (Å²) in [6, 6.07) is 10.7. The lowest BCUT2D eigenvalue weighted by atomic mass is 10.1. The molecule has 23 heavy (non-hydrogen) atoms. The Hall–Kier alpha value is -2.54.